The van der Waals surface area contributed by atoms with Crippen LogP contribution in [-0.4, -0.2) is 27.0 Å². The third-order valence-corrected chi connectivity index (χ3v) is 2.74. The van der Waals surface area contributed by atoms with E-state index in [0.717, 1.165) is 18.0 Å². The third-order valence-electron chi connectivity index (χ3n) is 2.74. The standard InChI is InChI=1S/C11H12F3N5/c1-15-10(9-6-17-18-19(9)2)8-4-3-7(5-16-8)11(12,13)14/h3-6,10,15H,1-2H3. The maximum Gasteiger partial charge on any atom is 0.417 e. The summed E-state index contributed by atoms with van der Waals surface area (Å²) in [4.78, 5) is 3.86. The van der Waals surface area contributed by atoms with Crippen molar-refractivity contribution in [2.24, 2.45) is 7.05 Å². The molecule has 0 saturated heterocycles. The first-order chi connectivity index (χ1) is 8.93. The van der Waals surface area contributed by atoms with Gasteiger partial charge in [-0.3, -0.25) is 9.67 Å². The van der Waals surface area contributed by atoms with Crippen molar-refractivity contribution >= 4 is 0 Å². The normalized spacial score (nSPS) is 13.5. The summed E-state index contributed by atoms with van der Waals surface area (Å²) >= 11 is 0. The van der Waals surface area contributed by atoms with Gasteiger partial charge in [-0.05, 0) is 19.2 Å². The number of nitrogens with zero attached hydrogens (tertiary/aromatic N) is 4. The van der Waals surface area contributed by atoms with Crippen molar-refractivity contribution in [1.82, 2.24) is 25.3 Å². The van der Waals surface area contributed by atoms with Crippen LogP contribution in [0.4, 0.5) is 13.2 Å². The zero-order chi connectivity index (χ0) is 14.0. The Morgan fingerprint density at radius 2 is 2.00 bits per heavy atom. The molecule has 2 aromatic rings. The number of halogens is 3. The molecule has 19 heavy (non-hydrogen) atoms. The predicted molar refractivity (Wildman–Crippen MR) is 61.1 cm³/mol. The van der Waals surface area contributed by atoms with Gasteiger partial charge in [0.05, 0.1) is 29.2 Å². The lowest BCUT2D eigenvalue weighted by Gasteiger charge is -2.16. The van der Waals surface area contributed by atoms with Crippen LogP contribution in [0.5, 0.6) is 0 Å². The highest BCUT2D eigenvalue weighted by atomic mass is 19.4. The molecular weight excluding hydrogens is 259 g/mol. The smallest absolute Gasteiger partial charge is 0.307 e. The van der Waals surface area contributed by atoms with E-state index in [0.29, 0.717) is 5.69 Å². The molecule has 1 unspecified atom stereocenters. The van der Waals surface area contributed by atoms with Crippen molar-refractivity contribution in [3.8, 4) is 0 Å². The number of hydrogen-bond donors (Lipinski definition) is 1. The number of pyridine rings is 1. The molecule has 0 aromatic carbocycles. The summed E-state index contributed by atoms with van der Waals surface area (Å²) in [6.07, 6.45) is -2.02. The third kappa shape index (κ3) is 2.73. The van der Waals surface area contributed by atoms with Crippen molar-refractivity contribution in [3.05, 3.63) is 41.5 Å². The van der Waals surface area contributed by atoms with Crippen molar-refractivity contribution < 1.29 is 13.2 Å². The molecule has 0 aliphatic carbocycles. The molecule has 2 rings (SSSR count). The first kappa shape index (κ1) is 13.5. The highest BCUT2D eigenvalue weighted by Gasteiger charge is 2.31. The summed E-state index contributed by atoms with van der Waals surface area (Å²) in [5.41, 5.74) is 0.421. The molecule has 0 spiro atoms. The van der Waals surface area contributed by atoms with Crippen LogP contribution in [0.15, 0.2) is 24.5 Å². The average Bonchev–Trinajstić information content (AvgIpc) is 2.76. The predicted octanol–water partition coefficient (Wildman–Crippen LogP) is 1.54. The second-order valence-corrected chi connectivity index (χ2v) is 3.97. The summed E-state index contributed by atoms with van der Waals surface area (Å²) in [6.45, 7) is 0. The Kier molecular flexibility index (Phi) is 3.52. The molecule has 1 N–H and O–H groups in total. The Hall–Kier alpha value is -1.96. The van der Waals surface area contributed by atoms with E-state index in [-0.39, 0.29) is 6.04 Å². The Morgan fingerprint density at radius 1 is 1.26 bits per heavy atom. The minimum Gasteiger partial charge on any atom is -0.307 e. The highest BCUT2D eigenvalue weighted by Crippen LogP contribution is 2.29. The first-order valence-corrected chi connectivity index (χ1v) is 5.48. The summed E-state index contributed by atoms with van der Waals surface area (Å²) < 4.78 is 38.9. The maximum absolute atomic E-state index is 12.5. The fourth-order valence-electron chi connectivity index (χ4n) is 1.75. The van der Waals surface area contributed by atoms with Crippen LogP contribution in [0.2, 0.25) is 0 Å². The molecule has 0 aliphatic rings. The molecule has 2 heterocycles. The van der Waals surface area contributed by atoms with E-state index in [4.69, 9.17) is 0 Å². The van der Waals surface area contributed by atoms with E-state index in [2.05, 4.69) is 20.6 Å². The number of hydrogen-bond acceptors (Lipinski definition) is 4. The number of alkyl halides is 3. The zero-order valence-corrected chi connectivity index (χ0v) is 10.3. The van der Waals surface area contributed by atoms with E-state index < -0.39 is 11.7 Å². The largest absolute Gasteiger partial charge is 0.417 e. The number of rotatable bonds is 3. The van der Waals surface area contributed by atoms with Gasteiger partial charge in [-0.2, -0.15) is 13.2 Å². The van der Waals surface area contributed by atoms with Crippen molar-refractivity contribution in [2.75, 3.05) is 7.05 Å². The number of aryl methyl sites for hydroxylation is 1. The van der Waals surface area contributed by atoms with Gasteiger partial charge in [0, 0.05) is 13.2 Å². The van der Waals surface area contributed by atoms with Gasteiger partial charge in [-0.25, -0.2) is 0 Å². The van der Waals surface area contributed by atoms with Gasteiger partial charge in [0.2, 0.25) is 0 Å². The Balaban J connectivity index is 2.33. The molecule has 0 radical (unpaired) electrons. The molecule has 0 saturated carbocycles. The van der Waals surface area contributed by atoms with E-state index in [9.17, 15) is 13.2 Å². The van der Waals surface area contributed by atoms with E-state index >= 15 is 0 Å². The molecule has 0 aliphatic heterocycles. The first-order valence-electron chi connectivity index (χ1n) is 5.48. The Bertz CT molecular complexity index is 546. The number of aromatic nitrogens is 4. The molecule has 102 valence electrons. The van der Waals surface area contributed by atoms with Gasteiger partial charge in [0.15, 0.2) is 0 Å². The van der Waals surface area contributed by atoms with Crippen LogP contribution in [0.1, 0.15) is 23.0 Å². The molecule has 8 heteroatoms. The quantitative estimate of drug-likeness (QED) is 0.920. The lowest BCUT2D eigenvalue weighted by atomic mass is 10.1. The van der Waals surface area contributed by atoms with Crippen LogP contribution in [0.25, 0.3) is 0 Å². The summed E-state index contributed by atoms with van der Waals surface area (Å²) in [7, 11) is 3.40. The second kappa shape index (κ2) is 4.96. The average molecular weight is 271 g/mol. The minimum absolute atomic E-state index is 0.359. The van der Waals surface area contributed by atoms with Crippen LogP contribution in [-0.2, 0) is 13.2 Å². The van der Waals surface area contributed by atoms with E-state index in [1.54, 1.807) is 25.0 Å². The molecule has 0 amide bonds. The van der Waals surface area contributed by atoms with Gasteiger partial charge < -0.3 is 5.32 Å². The maximum atomic E-state index is 12.5. The SMILES string of the molecule is CNC(c1ccc(C(F)(F)F)cn1)c1cnnn1C. The minimum atomic E-state index is -4.38. The molecule has 2 aromatic heterocycles. The van der Waals surface area contributed by atoms with Crippen molar-refractivity contribution in [3.63, 3.8) is 0 Å². The van der Waals surface area contributed by atoms with Crippen molar-refractivity contribution in [2.45, 2.75) is 12.2 Å². The van der Waals surface area contributed by atoms with Gasteiger partial charge in [-0.1, -0.05) is 5.21 Å². The molecular formula is C11H12F3N5. The van der Waals surface area contributed by atoms with Crippen LogP contribution < -0.4 is 5.32 Å². The fourth-order valence-corrected chi connectivity index (χ4v) is 1.75. The van der Waals surface area contributed by atoms with Crippen LogP contribution in [0.3, 0.4) is 0 Å². The Morgan fingerprint density at radius 3 is 2.42 bits per heavy atom. The van der Waals surface area contributed by atoms with Crippen LogP contribution >= 0.6 is 0 Å². The molecule has 0 bridgehead atoms. The number of nitrogens with one attached hydrogen (secondary N) is 1. The second-order valence-electron chi connectivity index (χ2n) is 3.97. The van der Waals surface area contributed by atoms with Crippen LogP contribution in [0, 0.1) is 0 Å². The van der Waals surface area contributed by atoms with Gasteiger partial charge in [-0.15, -0.1) is 5.10 Å². The van der Waals surface area contributed by atoms with E-state index in [1.165, 1.54) is 6.07 Å². The summed E-state index contributed by atoms with van der Waals surface area (Å²) in [5, 5.41) is 10.5. The topological polar surface area (TPSA) is 55.6 Å². The molecule has 1 atom stereocenters. The summed E-state index contributed by atoms with van der Waals surface area (Å²) in [5.74, 6) is 0. The zero-order valence-electron chi connectivity index (χ0n) is 10.3. The van der Waals surface area contributed by atoms with Crippen molar-refractivity contribution in [1.29, 1.82) is 0 Å². The lowest BCUT2D eigenvalue weighted by Crippen LogP contribution is -2.22. The lowest BCUT2D eigenvalue weighted by molar-refractivity contribution is -0.137. The van der Waals surface area contributed by atoms with Gasteiger partial charge in [0.25, 0.3) is 0 Å². The molecule has 5 nitrogen and oxygen atoms in total. The highest BCUT2D eigenvalue weighted by molar-refractivity contribution is 5.24. The Labute approximate surface area is 107 Å². The van der Waals surface area contributed by atoms with Gasteiger partial charge in [0.1, 0.15) is 0 Å². The van der Waals surface area contributed by atoms with Gasteiger partial charge >= 0.3 is 6.18 Å². The fraction of sp³-hybridized carbons (Fsp3) is 0.364. The monoisotopic (exact) mass is 271 g/mol. The van der Waals surface area contributed by atoms with E-state index in [1.807, 2.05) is 0 Å². The molecule has 0 fully saturated rings. The summed E-state index contributed by atoms with van der Waals surface area (Å²) in [6, 6.07) is 2.00.